The van der Waals surface area contributed by atoms with E-state index in [-0.39, 0.29) is 12.5 Å². The molecule has 3 heterocycles. The number of hydrogen-bond acceptors (Lipinski definition) is 7. The van der Waals surface area contributed by atoms with Gasteiger partial charge in [0.1, 0.15) is 11.3 Å². The van der Waals surface area contributed by atoms with Crippen molar-refractivity contribution in [3.05, 3.63) is 46.7 Å². The van der Waals surface area contributed by atoms with Crippen molar-refractivity contribution in [2.24, 2.45) is 11.8 Å². The molecule has 152 valence electrons. The standard InChI is InChI=1S/C21H22N2O5S/c1-4-28-20(26)21(2)16-15(17(22-21)14-9-6-10-29-14)18(24)23(19(16)25)12-7-5-8-13(11-12)27-3/h5-11,15-17,22H,4H2,1-3H3/t15-,16+,17-,21+/m0/s1. The first-order valence-electron chi connectivity index (χ1n) is 9.42. The maximum atomic E-state index is 13.5. The van der Waals surface area contributed by atoms with Crippen molar-refractivity contribution in [3.8, 4) is 5.75 Å². The summed E-state index contributed by atoms with van der Waals surface area (Å²) >= 11 is 1.48. The molecule has 2 saturated heterocycles. The molecule has 0 bridgehead atoms. The number of thiophene rings is 1. The number of methoxy groups -OCH3 is 1. The maximum Gasteiger partial charge on any atom is 0.326 e. The first-order valence-corrected chi connectivity index (χ1v) is 10.3. The number of imide groups is 1. The highest BCUT2D eigenvalue weighted by molar-refractivity contribution is 7.10. The molecule has 2 aliphatic rings. The third kappa shape index (κ3) is 2.94. The number of nitrogens with zero attached hydrogens (tertiary/aromatic N) is 1. The predicted octanol–water partition coefficient (Wildman–Crippen LogP) is 2.53. The van der Waals surface area contributed by atoms with Crippen LogP contribution in [0.25, 0.3) is 0 Å². The fourth-order valence-electron chi connectivity index (χ4n) is 4.32. The van der Waals surface area contributed by atoms with Gasteiger partial charge < -0.3 is 9.47 Å². The zero-order valence-electron chi connectivity index (χ0n) is 16.4. The van der Waals surface area contributed by atoms with Crippen LogP contribution < -0.4 is 15.0 Å². The van der Waals surface area contributed by atoms with Gasteiger partial charge in [0, 0.05) is 10.9 Å². The Morgan fingerprint density at radius 1 is 1.24 bits per heavy atom. The molecule has 2 aliphatic heterocycles. The van der Waals surface area contributed by atoms with Gasteiger partial charge in [0.05, 0.1) is 37.3 Å². The van der Waals surface area contributed by atoms with E-state index in [9.17, 15) is 14.4 Å². The molecule has 7 nitrogen and oxygen atoms in total. The number of esters is 1. The van der Waals surface area contributed by atoms with Crippen LogP contribution in [0.4, 0.5) is 5.69 Å². The van der Waals surface area contributed by atoms with Gasteiger partial charge in [0.15, 0.2) is 0 Å². The number of fused-ring (bicyclic) bond motifs is 1. The lowest BCUT2D eigenvalue weighted by Gasteiger charge is -2.29. The quantitative estimate of drug-likeness (QED) is 0.598. The number of nitrogens with one attached hydrogen (secondary N) is 1. The van der Waals surface area contributed by atoms with Gasteiger partial charge in [-0.2, -0.15) is 0 Å². The average molecular weight is 414 g/mol. The molecule has 4 rings (SSSR count). The minimum Gasteiger partial charge on any atom is -0.497 e. The number of rotatable bonds is 5. The van der Waals surface area contributed by atoms with Gasteiger partial charge >= 0.3 is 5.97 Å². The Bertz CT molecular complexity index is 960. The Balaban J connectivity index is 1.80. The Labute approximate surface area is 172 Å². The maximum absolute atomic E-state index is 13.5. The lowest BCUT2D eigenvalue weighted by molar-refractivity contribution is -0.153. The SMILES string of the molecule is CCOC(=O)[C@]1(C)N[C@@H](c2cccs2)[C@H]2C(=O)N(c3cccc(OC)c3)C(=O)[C@@H]21. The van der Waals surface area contributed by atoms with Crippen LogP contribution in [-0.2, 0) is 19.1 Å². The summed E-state index contributed by atoms with van der Waals surface area (Å²) in [5.74, 6) is -2.26. The Kier molecular flexibility index (Phi) is 4.92. The van der Waals surface area contributed by atoms with Crippen molar-refractivity contribution in [2.45, 2.75) is 25.4 Å². The highest BCUT2D eigenvalue weighted by Gasteiger charge is 2.67. The number of ether oxygens (including phenoxy) is 2. The monoisotopic (exact) mass is 414 g/mol. The second-order valence-corrected chi connectivity index (χ2v) is 8.26. The Morgan fingerprint density at radius 2 is 2.03 bits per heavy atom. The van der Waals surface area contributed by atoms with Crippen molar-refractivity contribution in [2.75, 3.05) is 18.6 Å². The summed E-state index contributed by atoms with van der Waals surface area (Å²) in [5.41, 5.74) is -0.861. The van der Waals surface area contributed by atoms with Gasteiger partial charge in [0.25, 0.3) is 0 Å². The van der Waals surface area contributed by atoms with Crippen molar-refractivity contribution in [1.29, 1.82) is 0 Å². The summed E-state index contributed by atoms with van der Waals surface area (Å²) in [6, 6.07) is 10.2. The van der Waals surface area contributed by atoms with E-state index in [0.29, 0.717) is 11.4 Å². The zero-order valence-corrected chi connectivity index (χ0v) is 17.2. The van der Waals surface area contributed by atoms with E-state index in [0.717, 1.165) is 4.88 Å². The molecule has 2 amide bonds. The highest BCUT2D eigenvalue weighted by Crippen LogP contribution is 2.50. The van der Waals surface area contributed by atoms with Crippen LogP contribution in [0.3, 0.4) is 0 Å². The van der Waals surface area contributed by atoms with Crippen LogP contribution in [0.15, 0.2) is 41.8 Å². The summed E-state index contributed by atoms with van der Waals surface area (Å²) in [7, 11) is 1.52. The smallest absolute Gasteiger partial charge is 0.326 e. The number of benzene rings is 1. The third-order valence-corrected chi connectivity index (χ3v) is 6.60. The van der Waals surface area contributed by atoms with E-state index in [2.05, 4.69) is 5.32 Å². The summed E-state index contributed by atoms with van der Waals surface area (Å²) in [4.78, 5) is 41.8. The van der Waals surface area contributed by atoms with Gasteiger partial charge in [-0.1, -0.05) is 12.1 Å². The van der Waals surface area contributed by atoms with E-state index in [1.807, 2.05) is 17.5 Å². The summed E-state index contributed by atoms with van der Waals surface area (Å²) in [5, 5.41) is 5.16. The minimum atomic E-state index is -1.30. The second-order valence-electron chi connectivity index (χ2n) is 7.28. The Morgan fingerprint density at radius 3 is 2.69 bits per heavy atom. The molecular weight excluding hydrogens is 392 g/mol. The first kappa shape index (κ1) is 19.6. The molecule has 0 saturated carbocycles. The predicted molar refractivity (Wildman–Crippen MR) is 108 cm³/mol. The molecule has 0 unspecified atom stereocenters. The lowest BCUT2D eigenvalue weighted by atomic mass is 9.81. The number of carbonyl (C=O) groups is 3. The van der Waals surface area contributed by atoms with E-state index < -0.39 is 35.3 Å². The normalized spacial score (nSPS) is 28.5. The molecule has 2 aromatic rings. The molecule has 0 spiro atoms. The van der Waals surface area contributed by atoms with E-state index in [1.54, 1.807) is 38.1 Å². The van der Waals surface area contributed by atoms with Crippen LogP contribution in [0.2, 0.25) is 0 Å². The van der Waals surface area contributed by atoms with E-state index >= 15 is 0 Å². The summed E-state index contributed by atoms with van der Waals surface area (Å²) in [6.07, 6.45) is 0. The van der Waals surface area contributed by atoms with Gasteiger partial charge in [-0.05, 0) is 37.4 Å². The fourth-order valence-corrected chi connectivity index (χ4v) is 5.15. The van der Waals surface area contributed by atoms with Gasteiger partial charge in [-0.25, -0.2) is 4.90 Å². The highest BCUT2D eigenvalue weighted by atomic mass is 32.1. The zero-order chi connectivity index (χ0) is 20.8. The molecule has 0 radical (unpaired) electrons. The lowest BCUT2D eigenvalue weighted by Crippen LogP contribution is -2.54. The van der Waals surface area contributed by atoms with Crippen LogP contribution >= 0.6 is 11.3 Å². The van der Waals surface area contributed by atoms with Crippen LogP contribution in [0.5, 0.6) is 5.75 Å². The molecule has 4 atom stereocenters. The first-order chi connectivity index (χ1) is 13.9. The number of amides is 2. The van der Waals surface area contributed by atoms with Gasteiger partial charge in [-0.3, -0.25) is 19.7 Å². The molecule has 0 aliphatic carbocycles. The molecule has 1 aromatic heterocycles. The van der Waals surface area contributed by atoms with E-state index in [1.165, 1.54) is 23.3 Å². The van der Waals surface area contributed by atoms with Crippen molar-refractivity contribution >= 4 is 34.8 Å². The van der Waals surface area contributed by atoms with Crippen molar-refractivity contribution < 1.29 is 23.9 Å². The molecule has 29 heavy (non-hydrogen) atoms. The summed E-state index contributed by atoms with van der Waals surface area (Å²) in [6.45, 7) is 3.56. The van der Waals surface area contributed by atoms with Crippen LogP contribution in [0, 0.1) is 11.8 Å². The second kappa shape index (κ2) is 7.27. The summed E-state index contributed by atoms with van der Waals surface area (Å²) < 4.78 is 10.5. The van der Waals surface area contributed by atoms with E-state index in [4.69, 9.17) is 9.47 Å². The van der Waals surface area contributed by atoms with Crippen LogP contribution in [0.1, 0.15) is 24.8 Å². The Hall–Kier alpha value is -2.71. The van der Waals surface area contributed by atoms with Gasteiger partial charge in [0.2, 0.25) is 11.8 Å². The molecule has 1 aromatic carbocycles. The number of anilines is 1. The van der Waals surface area contributed by atoms with Crippen molar-refractivity contribution in [1.82, 2.24) is 5.32 Å². The average Bonchev–Trinajstić information content (AvgIpc) is 3.40. The topological polar surface area (TPSA) is 84.9 Å². The number of carbonyl (C=O) groups excluding carboxylic acids is 3. The molecule has 1 N–H and O–H groups in total. The minimum absolute atomic E-state index is 0.193. The third-order valence-electron chi connectivity index (χ3n) is 5.65. The fraction of sp³-hybridized carbons (Fsp3) is 0.381. The van der Waals surface area contributed by atoms with Crippen molar-refractivity contribution in [3.63, 3.8) is 0 Å². The molecular formula is C21H22N2O5S. The van der Waals surface area contributed by atoms with Gasteiger partial charge in [-0.15, -0.1) is 11.3 Å². The molecule has 2 fully saturated rings. The largest absolute Gasteiger partial charge is 0.497 e. The molecule has 8 heteroatoms. The van der Waals surface area contributed by atoms with Crippen LogP contribution in [-0.4, -0.2) is 37.0 Å². The number of hydrogen-bond donors (Lipinski definition) is 1.